The zero-order valence-electron chi connectivity index (χ0n) is 10.7. The van der Waals surface area contributed by atoms with Gasteiger partial charge in [0.05, 0.1) is 5.92 Å². The van der Waals surface area contributed by atoms with E-state index in [4.69, 9.17) is 5.73 Å². The molecule has 1 atom stereocenters. The lowest BCUT2D eigenvalue weighted by Gasteiger charge is -2.26. The second-order valence-corrected chi connectivity index (χ2v) is 4.83. The summed E-state index contributed by atoms with van der Waals surface area (Å²) in [6.07, 6.45) is 6.26. The molecule has 1 fully saturated rings. The number of rotatable bonds is 6. The van der Waals surface area contributed by atoms with Crippen molar-refractivity contribution in [1.29, 1.82) is 0 Å². The van der Waals surface area contributed by atoms with Gasteiger partial charge in [-0.1, -0.05) is 25.7 Å². The van der Waals surface area contributed by atoms with E-state index in [2.05, 4.69) is 0 Å². The fraction of sp³-hybridized carbons (Fsp3) is 0.923. The smallest absolute Gasteiger partial charge is 0.226 e. The molecule has 0 radical (unpaired) electrons. The SMILES string of the molecule is CCN(CC)C(=O)C(CN)CC1CCCC1. The maximum absolute atomic E-state index is 12.2. The maximum atomic E-state index is 12.2. The van der Waals surface area contributed by atoms with Crippen LogP contribution in [0.5, 0.6) is 0 Å². The Bertz CT molecular complexity index is 208. The molecule has 0 aromatic carbocycles. The van der Waals surface area contributed by atoms with Crippen molar-refractivity contribution in [3.05, 3.63) is 0 Å². The van der Waals surface area contributed by atoms with Crippen LogP contribution in [0.2, 0.25) is 0 Å². The van der Waals surface area contributed by atoms with E-state index in [-0.39, 0.29) is 11.8 Å². The lowest BCUT2D eigenvalue weighted by atomic mass is 9.92. The monoisotopic (exact) mass is 226 g/mol. The fourth-order valence-electron chi connectivity index (χ4n) is 2.74. The molecule has 94 valence electrons. The second kappa shape index (κ2) is 6.89. The molecule has 1 rings (SSSR count). The van der Waals surface area contributed by atoms with E-state index >= 15 is 0 Å². The normalized spacial score (nSPS) is 18.7. The summed E-state index contributed by atoms with van der Waals surface area (Å²) in [5, 5.41) is 0. The molecule has 1 aliphatic rings. The van der Waals surface area contributed by atoms with Crippen LogP contribution in [0.3, 0.4) is 0 Å². The van der Waals surface area contributed by atoms with Gasteiger partial charge in [0, 0.05) is 19.6 Å². The Morgan fingerprint density at radius 3 is 2.31 bits per heavy atom. The number of hydrogen-bond acceptors (Lipinski definition) is 2. The van der Waals surface area contributed by atoms with Crippen LogP contribution < -0.4 is 5.73 Å². The third kappa shape index (κ3) is 3.48. The van der Waals surface area contributed by atoms with Gasteiger partial charge in [0.15, 0.2) is 0 Å². The average Bonchev–Trinajstić information content (AvgIpc) is 2.80. The summed E-state index contributed by atoms with van der Waals surface area (Å²) in [6.45, 7) is 6.17. The largest absolute Gasteiger partial charge is 0.343 e. The van der Waals surface area contributed by atoms with Gasteiger partial charge in [-0.05, 0) is 26.2 Å². The van der Waals surface area contributed by atoms with Gasteiger partial charge in [0.25, 0.3) is 0 Å². The molecule has 1 amide bonds. The summed E-state index contributed by atoms with van der Waals surface area (Å²) in [5.41, 5.74) is 5.75. The van der Waals surface area contributed by atoms with Crippen molar-refractivity contribution < 1.29 is 4.79 Å². The third-order valence-electron chi connectivity index (χ3n) is 3.80. The van der Waals surface area contributed by atoms with Gasteiger partial charge >= 0.3 is 0 Å². The quantitative estimate of drug-likeness (QED) is 0.753. The molecule has 0 spiro atoms. The molecule has 1 aliphatic carbocycles. The summed E-state index contributed by atoms with van der Waals surface area (Å²) in [5.74, 6) is 1.07. The Balaban J connectivity index is 2.48. The van der Waals surface area contributed by atoms with Gasteiger partial charge in [0.2, 0.25) is 5.91 Å². The highest BCUT2D eigenvalue weighted by Gasteiger charge is 2.26. The molecular weight excluding hydrogens is 200 g/mol. The predicted octanol–water partition coefficient (Wildman–Crippen LogP) is 2.01. The Morgan fingerprint density at radius 1 is 1.31 bits per heavy atom. The summed E-state index contributed by atoms with van der Waals surface area (Å²) in [7, 11) is 0. The Hall–Kier alpha value is -0.570. The van der Waals surface area contributed by atoms with Crippen molar-refractivity contribution in [1.82, 2.24) is 4.90 Å². The third-order valence-corrected chi connectivity index (χ3v) is 3.80. The van der Waals surface area contributed by atoms with Crippen molar-refractivity contribution in [2.45, 2.75) is 46.0 Å². The number of amides is 1. The first kappa shape index (κ1) is 13.5. The van der Waals surface area contributed by atoms with E-state index in [1.165, 1.54) is 25.7 Å². The van der Waals surface area contributed by atoms with Crippen LogP contribution in [0.15, 0.2) is 0 Å². The van der Waals surface area contributed by atoms with Gasteiger partial charge in [-0.25, -0.2) is 0 Å². The average molecular weight is 226 g/mol. The number of carbonyl (C=O) groups is 1. The van der Waals surface area contributed by atoms with Crippen LogP contribution in [0.25, 0.3) is 0 Å². The van der Waals surface area contributed by atoms with Gasteiger partial charge in [0.1, 0.15) is 0 Å². The van der Waals surface area contributed by atoms with Crippen LogP contribution >= 0.6 is 0 Å². The Morgan fingerprint density at radius 2 is 1.88 bits per heavy atom. The first-order valence-electron chi connectivity index (χ1n) is 6.71. The first-order chi connectivity index (χ1) is 7.72. The molecular formula is C13H26N2O. The van der Waals surface area contributed by atoms with Gasteiger partial charge in [-0.3, -0.25) is 4.79 Å². The minimum atomic E-state index is 0.0583. The number of carbonyl (C=O) groups excluding carboxylic acids is 1. The molecule has 0 bridgehead atoms. The van der Waals surface area contributed by atoms with Crippen LogP contribution in [0.4, 0.5) is 0 Å². The van der Waals surface area contributed by atoms with E-state index in [1.807, 2.05) is 18.7 Å². The molecule has 16 heavy (non-hydrogen) atoms. The summed E-state index contributed by atoms with van der Waals surface area (Å²) in [6, 6.07) is 0. The standard InChI is InChI=1S/C13H26N2O/c1-3-15(4-2)13(16)12(10-14)9-11-7-5-6-8-11/h11-12H,3-10,14H2,1-2H3. The number of nitrogens with zero attached hydrogens (tertiary/aromatic N) is 1. The minimum absolute atomic E-state index is 0.0583. The van der Waals surface area contributed by atoms with Crippen LogP contribution in [0.1, 0.15) is 46.0 Å². The van der Waals surface area contributed by atoms with Crippen molar-refractivity contribution in [2.24, 2.45) is 17.6 Å². The predicted molar refractivity (Wildman–Crippen MR) is 67.0 cm³/mol. The molecule has 0 aliphatic heterocycles. The second-order valence-electron chi connectivity index (χ2n) is 4.83. The molecule has 0 heterocycles. The fourth-order valence-corrected chi connectivity index (χ4v) is 2.74. The molecule has 2 N–H and O–H groups in total. The van der Waals surface area contributed by atoms with Crippen LogP contribution in [0, 0.1) is 11.8 Å². The van der Waals surface area contributed by atoms with Crippen molar-refractivity contribution in [2.75, 3.05) is 19.6 Å². The van der Waals surface area contributed by atoms with Gasteiger partial charge in [-0.2, -0.15) is 0 Å². The topological polar surface area (TPSA) is 46.3 Å². The molecule has 3 heteroatoms. The maximum Gasteiger partial charge on any atom is 0.226 e. The highest BCUT2D eigenvalue weighted by molar-refractivity contribution is 5.79. The molecule has 0 saturated heterocycles. The lowest BCUT2D eigenvalue weighted by molar-refractivity contribution is -0.135. The van der Waals surface area contributed by atoms with Crippen LogP contribution in [-0.2, 0) is 4.79 Å². The lowest BCUT2D eigenvalue weighted by Crippen LogP contribution is -2.39. The Kier molecular flexibility index (Phi) is 5.81. The molecule has 0 aromatic rings. The van der Waals surface area contributed by atoms with E-state index < -0.39 is 0 Å². The van der Waals surface area contributed by atoms with Gasteiger partial charge in [-0.15, -0.1) is 0 Å². The van der Waals surface area contributed by atoms with E-state index in [1.54, 1.807) is 0 Å². The molecule has 1 unspecified atom stereocenters. The van der Waals surface area contributed by atoms with Crippen molar-refractivity contribution in [3.63, 3.8) is 0 Å². The number of nitrogens with two attached hydrogens (primary N) is 1. The zero-order valence-corrected chi connectivity index (χ0v) is 10.7. The summed E-state index contributed by atoms with van der Waals surface area (Å²) in [4.78, 5) is 14.1. The molecule has 3 nitrogen and oxygen atoms in total. The van der Waals surface area contributed by atoms with Gasteiger partial charge < -0.3 is 10.6 Å². The number of hydrogen-bond donors (Lipinski definition) is 1. The van der Waals surface area contributed by atoms with Crippen molar-refractivity contribution >= 4 is 5.91 Å². The molecule has 0 aromatic heterocycles. The zero-order chi connectivity index (χ0) is 12.0. The van der Waals surface area contributed by atoms with E-state index in [0.717, 1.165) is 25.4 Å². The Labute approximate surface area is 99.4 Å². The summed E-state index contributed by atoms with van der Waals surface area (Å²) < 4.78 is 0. The van der Waals surface area contributed by atoms with E-state index in [9.17, 15) is 4.79 Å². The van der Waals surface area contributed by atoms with E-state index in [0.29, 0.717) is 6.54 Å². The molecule has 1 saturated carbocycles. The van der Waals surface area contributed by atoms with Crippen molar-refractivity contribution in [3.8, 4) is 0 Å². The minimum Gasteiger partial charge on any atom is -0.343 e. The first-order valence-corrected chi connectivity index (χ1v) is 6.71. The summed E-state index contributed by atoms with van der Waals surface area (Å²) >= 11 is 0. The van der Waals surface area contributed by atoms with Crippen LogP contribution in [-0.4, -0.2) is 30.4 Å². The highest BCUT2D eigenvalue weighted by Crippen LogP contribution is 2.30. The highest BCUT2D eigenvalue weighted by atomic mass is 16.2.